The number of aryl methyl sites for hydroxylation is 1. The first kappa shape index (κ1) is 16.3. The quantitative estimate of drug-likeness (QED) is 0.689. The topological polar surface area (TPSA) is 56.5 Å². The second-order valence-electron chi connectivity index (χ2n) is 5.44. The highest BCUT2D eigenvalue weighted by Crippen LogP contribution is 2.21. The lowest BCUT2D eigenvalue weighted by Crippen LogP contribution is -2.08. The molecule has 1 heterocycles. The van der Waals surface area contributed by atoms with Crippen molar-refractivity contribution in [3.63, 3.8) is 0 Å². The van der Waals surface area contributed by atoms with E-state index in [1.807, 2.05) is 55.5 Å². The Balaban J connectivity index is 1.76. The molecule has 0 bridgehead atoms. The molecule has 0 atom stereocenters. The Hall–Kier alpha value is -2.53. The maximum absolute atomic E-state index is 9.13. The minimum absolute atomic E-state index is 0.158. The number of aliphatic hydroxyl groups excluding tert-OH is 1. The summed E-state index contributed by atoms with van der Waals surface area (Å²) in [6, 6.07) is 15.6. The van der Waals surface area contributed by atoms with Crippen molar-refractivity contribution in [2.45, 2.75) is 26.5 Å². The smallest absolute Gasteiger partial charge is 0.147 e. The summed E-state index contributed by atoms with van der Waals surface area (Å²) < 4.78 is 13.4. The molecule has 1 N–H and O–H groups in total. The van der Waals surface area contributed by atoms with Crippen LogP contribution in [-0.2, 0) is 13.2 Å². The lowest BCUT2D eigenvalue weighted by atomic mass is 10.3. The van der Waals surface area contributed by atoms with Gasteiger partial charge in [-0.1, -0.05) is 12.1 Å². The van der Waals surface area contributed by atoms with E-state index in [9.17, 15) is 0 Å². The molecule has 3 rings (SSSR count). The van der Waals surface area contributed by atoms with Gasteiger partial charge in [-0.05, 0) is 49.7 Å². The molecule has 24 heavy (non-hydrogen) atoms. The Bertz CT molecular complexity index is 781. The van der Waals surface area contributed by atoms with Crippen molar-refractivity contribution in [2.24, 2.45) is 0 Å². The van der Waals surface area contributed by atoms with Gasteiger partial charge in [-0.2, -0.15) is 0 Å². The summed E-state index contributed by atoms with van der Waals surface area (Å²) in [4.78, 5) is 4.66. The van der Waals surface area contributed by atoms with Gasteiger partial charge in [0.25, 0.3) is 0 Å². The van der Waals surface area contributed by atoms with Crippen LogP contribution in [0.15, 0.2) is 48.5 Å². The van der Waals surface area contributed by atoms with Gasteiger partial charge in [0, 0.05) is 13.2 Å². The summed E-state index contributed by atoms with van der Waals surface area (Å²) in [7, 11) is 0. The first-order chi connectivity index (χ1) is 11.8. The van der Waals surface area contributed by atoms with Gasteiger partial charge >= 0.3 is 0 Å². The van der Waals surface area contributed by atoms with Gasteiger partial charge in [-0.3, -0.25) is 0 Å². The van der Waals surface area contributed by atoms with Crippen molar-refractivity contribution in [1.29, 1.82) is 0 Å². The molecule has 0 saturated carbocycles. The summed E-state index contributed by atoms with van der Waals surface area (Å²) >= 11 is 0. The summed E-state index contributed by atoms with van der Waals surface area (Å²) in [5.74, 6) is 2.47. The zero-order chi connectivity index (χ0) is 16.8. The second kappa shape index (κ2) is 7.84. The van der Waals surface area contributed by atoms with E-state index in [4.69, 9.17) is 14.6 Å². The zero-order valence-electron chi connectivity index (χ0n) is 13.8. The van der Waals surface area contributed by atoms with Gasteiger partial charge in [0.05, 0.1) is 17.6 Å². The number of rotatable bonds is 8. The molecular weight excluding hydrogens is 304 g/mol. The van der Waals surface area contributed by atoms with Crippen LogP contribution in [0.25, 0.3) is 11.0 Å². The maximum Gasteiger partial charge on any atom is 0.147 e. The van der Waals surface area contributed by atoms with E-state index in [0.29, 0.717) is 19.6 Å². The Morgan fingerprint density at radius 2 is 1.71 bits per heavy atom. The van der Waals surface area contributed by atoms with E-state index in [-0.39, 0.29) is 6.61 Å². The fourth-order valence-electron chi connectivity index (χ4n) is 2.66. The van der Waals surface area contributed by atoms with E-state index in [1.54, 1.807) is 0 Å². The molecular formula is C19H22N2O3. The number of aliphatic hydroxyl groups is 1. The van der Waals surface area contributed by atoms with Crippen LogP contribution in [0, 0.1) is 0 Å². The molecule has 0 aliphatic rings. The van der Waals surface area contributed by atoms with Crippen molar-refractivity contribution in [3.05, 3.63) is 54.4 Å². The fraction of sp³-hybridized carbons (Fsp3) is 0.316. The Morgan fingerprint density at radius 3 is 2.42 bits per heavy atom. The average Bonchev–Trinajstić information content (AvgIpc) is 2.97. The molecule has 5 heteroatoms. The van der Waals surface area contributed by atoms with Crippen LogP contribution < -0.4 is 9.47 Å². The van der Waals surface area contributed by atoms with Gasteiger partial charge in [0.15, 0.2) is 0 Å². The molecule has 0 aliphatic carbocycles. The fourth-order valence-corrected chi connectivity index (χ4v) is 2.66. The Kier molecular flexibility index (Phi) is 5.33. The molecule has 0 saturated heterocycles. The maximum atomic E-state index is 9.13. The predicted octanol–water partition coefficient (Wildman–Crippen LogP) is 3.40. The van der Waals surface area contributed by atoms with Gasteiger partial charge < -0.3 is 19.1 Å². The van der Waals surface area contributed by atoms with Gasteiger partial charge in [-0.25, -0.2) is 4.98 Å². The van der Waals surface area contributed by atoms with Crippen LogP contribution in [0.5, 0.6) is 11.5 Å². The Labute approximate surface area is 141 Å². The van der Waals surface area contributed by atoms with Crippen molar-refractivity contribution < 1.29 is 14.6 Å². The van der Waals surface area contributed by atoms with Crippen LogP contribution >= 0.6 is 0 Å². The highest BCUT2D eigenvalue weighted by Gasteiger charge is 2.10. The average molecular weight is 326 g/mol. The number of aromatic nitrogens is 2. The molecule has 3 aromatic rings. The van der Waals surface area contributed by atoms with Crippen molar-refractivity contribution in [1.82, 2.24) is 9.55 Å². The summed E-state index contributed by atoms with van der Waals surface area (Å²) in [5.41, 5.74) is 2.01. The highest BCUT2D eigenvalue weighted by molar-refractivity contribution is 5.75. The van der Waals surface area contributed by atoms with Crippen LogP contribution in [0.4, 0.5) is 0 Å². The monoisotopic (exact) mass is 326 g/mol. The lowest BCUT2D eigenvalue weighted by Gasteiger charge is -2.10. The standard InChI is InChI=1S/C19H22N2O3/c1-2-23-15-8-10-16(11-9-15)24-14-19-20-17-6-3-4-7-18(17)21(19)12-5-13-22/h3-4,6-11,22H,2,5,12-14H2,1H3. The number of nitrogens with zero attached hydrogens (tertiary/aromatic N) is 2. The third kappa shape index (κ3) is 3.68. The van der Waals surface area contributed by atoms with E-state index >= 15 is 0 Å². The number of hydrogen-bond donors (Lipinski definition) is 1. The number of ether oxygens (including phenoxy) is 2. The second-order valence-corrected chi connectivity index (χ2v) is 5.44. The lowest BCUT2D eigenvalue weighted by molar-refractivity contribution is 0.269. The minimum Gasteiger partial charge on any atom is -0.494 e. The molecule has 0 unspecified atom stereocenters. The molecule has 1 aromatic heterocycles. The zero-order valence-corrected chi connectivity index (χ0v) is 13.8. The molecule has 0 amide bonds. The van der Waals surface area contributed by atoms with Crippen molar-refractivity contribution >= 4 is 11.0 Å². The normalized spacial score (nSPS) is 10.9. The number of imidazole rings is 1. The Morgan fingerprint density at radius 1 is 1.00 bits per heavy atom. The van der Waals surface area contributed by atoms with Gasteiger partial charge in [-0.15, -0.1) is 0 Å². The first-order valence-electron chi connectivity index (χ1n) is 8.22. The van der Waals surface area contributed by atoms with E-state index < -0.39 is 0 Å². The summed E-state index contributed by atoms with van der Waals surface area (Å²) in [6.07, 6.45) is 0.691. The number of benzene rings is 2. The van der Waals surface area contributed by atoms with Gasteiger partial charge in [0.2, 0.25) is 0 Å². The molecule has 2 aromatic carbocycles. The third-order valence-corrected chi connectivity index (χ3v) is 3.78. The minimum atomic E-state index is 0.158. The number of fused-ring (bicyclic) bond motifs is 1. The van der Waals surface area contributed by atoms with Crippen LogP contribution in [0.1, 0.15) is 19.2 Å². The highest BCUT2D eigenvalue weighted by atomic mass is 16.5. The molecule has 5 nitrogen and oxygen atoms in total. The number of para-hydroxylation sites is 2. The largest absolute Gasteiger partial charge is 0.494 e. The van der Waals surface area contributed by atoms with Crippen LogP contribution in [0.2, 0.25) is 0 Å². The third-order valence-electron chi connectivity index (χ3n) is 3.78. The number of hydrogen-bond acceptors (Lipinski definition) is 4. The summed E-state index contributed by atoms with van der Waals surface area (Å²) in [5, 5.41) is 9.13. The van der Waals surface area contributed by atoms with Crippen molar-refractivity contribution in [3.8, 4) is 11.5 Å². The van der Waals surface area contributed by atoms with Crippen molar-refractivity contribution in [2.75, 3.05) is 13.2 Å². The molecule has 0 aliphatic heterocycles. The molecule has 0 radical (unpaired) electrons. The van der Waals surface area contributed by atoms with E-state index in [0.717, 1.165) is 34.9 Å². The van der Waals surface area contributed by atoms with Gasteiger partial charge in [0.1, 0.15) is 23.9 Å². The van der Waals surface area contributed by atoms with Crippen LogP contribution in [-0.4, -0.2) is 27.9 Å². The molecule has 126 valence electrons. The molecule has 0 fully saturated rings. The molecule has 0 spiro atoms. The van der Waals surface area contributed by atoms with E-state index in [1.165, 1.54) is 0 Å². The first-order valence-corrected chi connectivity index (χ1v) is 8.22. The summed E-state index contributed by atoms with van der Waals surface area (Å²) in [6.45, 7) is 3.87. The SMILES string of the molecule is CCOc1ccc(OCc2nc3ccccc3n2CCCO)cc1. The van der Waals surface area contributed by atoms with Crippen LogP contribution in [0.3, 0.4) is 0 Å². The predicted molar refractivity (Wildman–Crippen MR) is 93.4 cm³/mol. The van der Waals surface area contributed by atoms with E-state index in [2.05, 4.69) is 9.55 Å².